The molecule has 4 saturated carbocycles. The lowest BCUT2D eigenvalue weighted by molar-refractivity contribution is -0.148. The third-order valence-corrected chi connectivity index (χ3v) is 11.6. The van der Waals surface area contributed by atoms with Gasteiger partial charge in [-0.25, -0.2) is 0 Å². The van der Waals surface area contributed by atoms with Gasteiger partial charge in [0.2, 0.25) is 0 Å². The maximum absolute atomic E-state index is 10.7. The quantitative estimate of drug-likeness (QED) is 0.506. The predicted octanol–water partition coefficient (Wildman–Crippen LogP) is 6.97. The molecule has 174 valence electrons. The Morgan fingerprint density at radius 2 is 1.63 bits per heavy atom. The summed E-state index contributed by atoms with van der Waals surface area (Å²) in [6, 6.07) is 0. The average Bonchev–Trinajstić information content (AvgIpc) is 3.04. The van der Waals surface area contributed by atoms with Gasteiger partial charge in [-0.3, -0.25) is 0 Å². The van der Waals surface area contributed by atoms with E-state index in [0.717, 1.165) is 61.2 Å². The summed E-state index contributed by atoms with van der Waals surface area (Å²) in [6.45, 7) is 14.0. The minimum absolute atomic E-state index is 0.423. The number of fused-ring (bicyclic) bond motifs is 5. The molecule has 2 heteroatoms. The van der Waals surface area contributed by atoms with Gasteiger partial charge in [0.15, 0.2) is 0 Å². The van der Waals surface area contributed by atoms with E-state index in [0.29, 0.717) is 10.8 Å². The maximum atomic E-state index is 10.7. The summed E-state index contributed by atoms with van der Waals surface area (Å²) in [7, 11) is 0. The molecule has 4 aliphatic rings. The highest BCUT2D eigenvalue weighted by atomic mass is 16.3. The Morgan fingerprint density at radius 3 is 2.33 bits per heavy atom. The first-order valence-corrected chi connectivity index (χ1v) is 13.4. The molecule has 0 bridgehead atoms. The van der Waals surface area contributed by atoms with E-state index in [-0.39, 0.29) is 0 Å². The van der Waals surface area contributed by atoms with Crippen molar-refractivity contribution in [3.8, 4) is 0 Å². The number of aliphatic hydroxyl groups is 2. The molecule has 10 atom stereocenters. The van der Waals surface area contributed by atoms with Crippen molar-refractivity contribution in [3.05, 3.63) is 0 Å². The molecular formula is C28H50O2. The van der Waals surface area contributed by atoms with E-state index in [1.54, 1.807) is 0 Å². The van der Waals surface area contributed by atoms with Crippen LogP contribution in [0.15, 0.2) is 0 Å². The number of hydrogen-bond acceptors (Lipinski definition) is 2. The predicted molar refractivity (Wildman–Crippen MR) is 125 cm³/mol. The molecule has 2 nitrogen and oxygen atoms in total. The van der Waals surface area contributed by atoms with Crippen LogP contribution in [0.5, 0.6) is 0 Å². The van der Waals surface area contributed by atoms with E-state index in [1.807, 2.05) is 6.92 Å². The van der Waals surface area contributed by atoms with E-state index in [2.05, 4.69) is 34.6 Å². The van der Waals surface area contributed by atoms with Crippen molar-refractivity contribution in [2.24, 2.45) is 46.3 Å². The maximum Gasteiger partial charge on any atom is 0.0622 e. The molecular weight excluding hydrogens is 368 g/mol. The van der Waals surface area contributed by atoms with Crippen LogP contribution in [0.4, 0.5) is 0 Å². The average molecular weight is 419 g/mol. The van der Waals surface area contributed by atoms with Crippen LogP contribution in [-0.2, 0) is 0 Å². The minimum Gasteiger partial charge on any atom is -0.390 e. The Labute approximate surface area is 186 Å². The molecule has 0 saturated heterocycles. The first kappa shape index (κ1) is 23.1. The van der Waals surface area contributed by atoms with Crippen LogP contribution in [0.1, 0.15) is 119 Å². The van der Waals surface area contributed by atoms with E-state index in [1.165, 1.54) is 51.4 Å². The highest BCUT2D eigenvalue weighted by Crippen LogP contribution is 2.68. The highest BCUT2D eigenvalue weighted by Gasteiger charge is 2.61. The van der Waals surface area contributed by atoms with Gasteiger partial charge in [0.1, 0.15) is 0 Å². The molecule has 0 aromatic rings. The zero-order chi connectivity index (χ0) is 21.9. The van der Waals surface area contributed by atoms with Crippen molar-refractivity contribution < 1.29 is 10.2 Å². The fourth-order valence-corrected chi connectivity index (χ4v) is 9.32. The Morgan fingerprint density at radius 1 is 0.933 bits per heavy atom. The Hall–Kier alpha value is -0.0800. The third kappa shape index (κ3) is 3.81. The van der Waals surface area contributed by atoms with Crippen LogP contribution in [-0.4, -0.2) is 21.4 Å². The molecule has 2 N–H and O–H groups in total. The monoisotopic (exact) mass is 418 g/mol. The summed E-state index contributed by atoms with van der Waals surface area (Å²) in [4.78, 5) is 0. The second-order valence-corrected chi connectivity index (χ2v) is 13.5. The van der Waals surface area contributed by atoms with E-state index in [9.17, 15) is 10.2 Å². The molecule has 4 rings (SSSR count). The summed E-state index contributed by atoms with van der Waals surface area (Å²) in [5.74, 6) is 5.03. The number of rotatable bonds is 5. The molecule has 2 unspecified atom stereocenters. The Balaban J connectivity index is 1.48. The minimum atomic E-state index is -0.486. The van der Waals surface area contributed by atoms with Gasteiger partial charge in [-0.15, -0.1) is 0 Å². The van der Waals surface area contributed by atoms with Crippen LogP contribution in [0.2, 0.25) is 0 Å². The second-order valence-electron chi connectivity index (χ2n) is 13.5. The van der Waals surface area contributed by atoms with Gasteiger partial charge in [0.05, 0.1) is 11.2 Å². The third-order valence-electron chi connectivity index (χ3n) is 11.6. The summed E-state index contributed by atoms with van der Waals surface area (Å²) in [5.41, 5.74) is 0.0752. The summed E-state index contributed by atoms with van der Waals surface area (Å²) >= 11 is 0. The van der Waals surface area contributed by atoms with Gasteiger partial charge in [-0.05, 0) is 137 Å². The molecule has 0 radical (unpaired) electrons. The van der Waals surface area contributed by atoms with Gasteiger partial charge >= 0.3 is 0 Å². The lowest BCUT2D eigenvalue weighted by Crippen LogP contribution is -2.55. The SMILES string of the molecule is CCC(C)(O)CC[C@@H](C)[C@H]1CC[C@H]2[C@@H]3CC[C@@H]4C[C@@](C)(O)CC[C@]4(C)C3CC[C@]12C. The normalized spacial score (nSPS) is 51.4. The first-order chi connectivity index (χ1) is 13.9. The molecule has 0 spiro atoms. The molecule has 0 aromatic carbocycles. The van der Waals surface area contributed by atoms with Crippen molar-refractivity contribution in [3.63, 3.8) is 0 Å². The summed E-state index contributed by atoms with van der Waals surface area (Å²) < 4.78 is 0. The Bertz CT molecular complexity index is 624. The van der Waals surface area contributed by atoms with E-state index in [4.69, 9.17) is 0 Å². The summed E-state index contributed by atoms with van der Waals surface area (Å²) in [5, 5.41) is 21.2. The van der Waals surface area contributed by atoms with Crippen molar-refractivity contribution in [2.75, 3.05) is 0 Å². The smallest absolute Gasteiger partial charge is 0.0622 e. The van der Waals surface area contributed by atoms with Crippen LogP contribution < -0.4 is 0 Å². The molecule has 4 fully saturated rings. The second kappa shape index (κ2) is 7.75. The molecule has 0 heterocycles. The van der Waals surface area contributed by atoms with E-state index < -0.39 is 11.2 Å². The molecule has 0 aliphatic heterocycles. The van der Waals surface area contributed by atoms with Crippen LogP contribution >= 0.6 is 0 Å². The zero-order valence-corrected chi connectivity index (χ0v) is 20.8. The largest absolute Gasteiger partial charge is 0.390 e. The van der Waals surface area contributed by atoms with Crippen molar-refractivity contribution in [1.29, 1.82) is 0 Å². The topological polar surface area (TPSA) is 40.5 Å². The van der Waals surface area contributed by atoms with Crippen LogP contribution in [0.3, 0.4) is 0 Å². The van der Waals surface area contributed by atoms with Crippen molar-refractivity contribution in [2.45, 2.75) is 130 Å². The van der Waals surface area contributed by atoms with Gasteiger partial charge in [-0.1, -0.05) is 27.7 Å². The zero-order valence-electron chi connectivity index (χ0n) is 20.8. The van der Waals surface area contributed by atoms with E-state index >= 15 is 0 Å². The van der Waals surface area contributed by atoms with Gasteiger partial charge in [-0.2, -0.15) is 0 Å². The van der Waals surface area contributed by atoms with Crippen LogP contribution in [0.25, 0.3) is 0 Å². The molecule has 30 heavy (non-hydrogen) atoms. The number of hydrogen-bond donors (Lipinski definition) is 2. The van der Waals surface area contributed by atoms with Crippen molar-refractivity contribution >= 4 is 0 Å². The molecule has 0 aromatic heterocycles. The fourth-order valence-electron chi connectivity index (χ4n) is 9.32. The first-order valence-electron chi connectivity index (χ1n) is 13.4. The highest BCUT2D eigenvalue weighted by molar-refractivity contribution is 5.10. The molecule has 4 aliphatic carbocycles. The summed E-state index contributed by atoms with van der Waals surface area (Å²) in [6.07, 6.45) is 14.7. The fraction of sp³-hybridized carbons (Fsp3) is 1.00. The molecule has 0 amide bonds. The lowest BCUT2D eigenvalue weighted by atomic mass is 9.43. The van der Waals surface area contributed by atoms with Crippen molar-refractivity contribution in [1.82, 2.24) is 0 Å². The van der Waals surface area contributed by atoms with Gasteiger partial charge < -0.3 is 10.2 Å². The lowest BCUT2D eigenvalue weighted by Gasteiger charge is -2.62. The standard InChI is InChI=1S/C28H50O2/c1-7-25(3,29)14-12-19(2)22-10-11-23-21-9-8-20-18-26(4,30)16-17-27(20,5)24(21)13-15-28(22,23)6/h19-24,29-30H,7-18H2,1-6H3/t19-,20-,21+,22-,23+,24?,25?,26+,27+,28-/m1/s1. The van der Waals surface area contributed by atoms with Gasteiger partial charge in [0, 0.05) is 0 Å². The van der Waals surface area contributed by atoms with Crippen LogP contribution in [0, 0.1) is 46.3 Å². The van der Waals surface area contributed by atoms with Gasteiger partial charge in [0.25, 0.3) is 0 Å². The Kier molecular flexibility index (Phi) is 5.97.